The van der Waals surface area contributed by atoms with E-state index in [1.807, 2.05) is 52.0 Å². The Morgan fingerprint density at radius 2 is 1.97 bits per heavy atom. The number of aromatic nitrogens is 1. The number of carbonyl (C=O) groups is 2. The number of rotatable bonds is 7. The summed E-state index contributed by atoms with van der Waals surface area (Å²) in [6.45, 7) is 7.19. The molecule has 1 aliphatic heterocycles. The van der Waals surface area contributed by atoms with Gasteiger partial charge in [0.25, 0.3) is 5.91 Å². The van der Waals surface area contributed by atoms with Crippen molar-refractivity contribution in [3.05, 3.63) is 41.1 Å². The molecule has 1 aromatic heterocycles. The summed E-state index contributed by atoms with van der Waals surface area (Å²) in [6, 6.07) is 7.09. The normalized spacial score (nSPS) is 18.6. The number of amides is 1. The minimum Gasteiger partial charge on any atom is -0.452 e. The Balaban J connectivity index is 1.80. The van der Waals surface area contributed by atoms with Gasteiger partial charge in [0.2, 0.25) is 0 Å². The van der Waals surface area contributed by atoms with E-state index in [0.717, 1.165) is 16.5 Å². The van der Waals surface area contributed by atoms with Gasteiger partial charge >= 0.3 is 5.97 Å². The zero-order valence-electron chi connectivity index (χ0n) is 18.6. The van der Waals surface area contributed by atoms with Crippen LogP contribution < -0.4 is 0 Å². The fourth-order valence-electron chi connectivity index (χ4n) is 4.24. The second kappa shape index (κ2) is 9.34. The molecule has 1 saturated heterocycles. The number of aryl methyl sites for hydroxylation is 2. The van der Waals surface area contributed by atoms with Crippen LogP contribution in [0.1, 0.15) is 55.2 Å². The van der Waals surface area contributed by atoms with E-state index >= 15 is 0 Å². The summed E-state index contributed by atoms with van der Waals surface area (Å²) in [7, 11) is -3.14. The molecule has 0 radical (unpaired) electrons. The van der Waals surface area contributed by atoms with Crippen LogP contribution in [-0.4, -0.2) is 60.4 Å². The standard InChI is InChI=1S/C23H30N2O5S/c1-5-15(3)25(17-11-12-31(28,29)14-17)21(26)13-30-23(27)22-16(4)18-9-7-8-10-20(18)24-19(22)6-2/h7-10,15,17H,5-6,11-14H2,1-4H3/t15-,17-/m0/s1. The van der Waals surface area contributed by atoms with E-state index < -0.39 is 22.4 Å². The molecular weight excluding hydrogens is 416 g/mol. The molecule has 0 spiro atoms. The Bertz CT molecular complexity index is 1100. The van der Waals surface area contributed by atoms with Crippen LogP contribution in [0.2, 0.25) is 0 Å². The zero-order chi connectivity index (χ0) is 22.8. The van der Waals surface area contributed by atoms with E-state index in [2.05, 4.69) is 4.98 Å². The van der Waals surface area contributed by atoms with Crippen molar-refractivity contribution in [3.8, 4) is 0 Å². The molecule has 0 N–H and O–H groups in total. The highest BCUT2D eigenvalue weighted by atomic mass is 32.2. The van der Waals surface area contributed by atoms with Crippen molar-refractivity contribution < 1.29 is 22.7 Å². The SMILES string of the molecule is CCc1nc2ccccc2c(C)c1C(=O)OCC(=O)N([C@H]1CCS(=O)(=O)C1)[C@@H](C)CC. The molecule has 1 fully saturated rings. The highest BCUT2D eigenvalue weighted by molar-refractivity contribution is 7.91. The minimum atomic E-state index is -3.14. The summed E-state index contributed by atoms with van der Waals surface area (Å²) < 4.78 is 29.3. The molecule has 168 valence electrons. The maximum Gasteiger partial charge on any atom is 0.340 e. The number of sulfone groups is 1. The molecule has 0 bridgehead atoms. The van der Waals surface area contributed by atoms with E-state index in [-0.39, 0.29) is 29.5 Å². The molecule has 0 unspecified atom stereocenters. The van der Waals surface area contributed by atoms with Crippen molar-refractivity contribution in [2.45, 2.75) is 59.0 Å². The summed E-state index contributed by atoms with van der Waals surface area (Å²) in [5.74, 6) is -0.900. The monoisotopic (exact) mass is 446 g/mol. The van der Waals surface area contributed by atoms with Crippen molar-refractivity contribution in [1.29, 1.82) is 0 Å². The van der Waals surface area contributed by atoms with Gasteiger partial charge in [0.1, 0.15) is 0 Å². The largest absolute Gasteiger partial charge is 0.452 e. The Morgan fingerprint density at radius 3 is 2.58 bits per heavy atom. The maximum atomic E-state index is 13.0. The fourth-order valence-corrected chi connectivity index (χ4v) is 5.95. The molecule has 2 aromatic rings. The number of ether oxygens (including phenoxy) is 1. The Kier molecular flexibility index (Phi) is 6.99. The quantitative estimate of drug-likeness (QED) is 0.607. The average molecular weight is 447 g/mol. The summed E-state index contributed by atoms with van der Waals surface area (Å²) >= 11 is 0. The van der Waals surface area contributed by atoms with Gasteiger partial charge in [-0.15, -0.1) is 0 Å². The zero-order valence-corrected chi connectivity index (χ0v) is 19.4. The molecular formula is C23H30N2O5S. The summed E-state index contributed by atoms with van der Waals surface area (Å²) in [5.41, 5.74) is 2.62. The number of hydrogen-bond donors (Lipinski definition) is 0. The van der Waals surface area contributed by atoms with Crippen molar-refractivity contribution in [3.63, 3.8) is 0 Å². The lowest BCUT2D eigenvalue weighted by Crippen LogP contribution is -2.48. The van der Waals surface area contributed by atoms with Crippen molar-refractivity contribution in [2.75, 3.05) is 18.1 Å². The lowest BCUT2D eigenvalue weighted by molar-refractivity contribution is -0.138. The molecule has 0 aliphatic carbocycles. The van der Waals surface area contributed by atoms with E-state index in [4.69, 9.17) is 4.74 Å². The van der Waals surface area contributed by atoms with Crippen LogP contribution in [-0.2, 0) is 25.8 Å². The van der Waals surface area contributed by atoms with Gasteiger partial charge < -0.3 is 9.64 Å². The van der Waals surface area contributed by atoms with Gasteiger partial charge in [-0.2, -0.15) is 0 Å². The van der Waals surface area contributed by atoms with Gasteiger partial charge in [0, 0.05) is 17.5 Å². The third-order valence-electron chi connectivity index (χ3n) is 6.05. The first-order valence-electron chi connectivity index (χ1n) is 10.7. The molecule has 2 heterocycles. The van der Waals surface area contributed by atoms with E-state index in [1.165, 1.54) is 0 Å². The maximum absolute atomic E-state index is 13.0. The van der Waals surface area contributed by atoms with Gasteiger partial charge in [-0.05, 0) is 44.7 Å². The number of fused-ring (bicyclic) bond motifs is 1. The van der Waals surface area contributed by atoms with E-state index in [0.29, 0.717) is 30.5 Å². The van der Waals surface area contributed by atoms with E-state index in [9.17, 15) is 18.0 Å². The predicted octanol–water partition coefficient (Wildman–Crippen LogP) is 3.08. The lowest BCUT2D eigenvalue weighted by Gasteiger charge is -2.33. The van der Waals surface area contributed by atoms with E-state index in [1.54, 1.807) is 4.90 Å². The number of carbonyl (C=O) groups excluding carboxylic acids is 2. The summed E-state index contributed by atoms with van der Waals surface area (Å²) in [5, 5.41) is 0.871. The summed E-state index contributed by atoms with van der Waals surface area (Å²) in [4.78, 5) is 32.1. The number of nitrogens with zero attached hydrogens (tertiary/aromatic N) is 2. The van der Waals surface area contributed by atoms with Gasteiger partial charge in [-0.1, -0.05) is 32.0 Å². The smallest absolute Gasteiger partial charge is 0.340 e. The van der Waals surface area contributed by atoms with Gasteiger partial charge in [-0.25, -0.2) is 13.2 Å². The molecule has 31 heavy (non-hydrogen) atoms. The van der Waals surface area contributed by atoms with Gasteiger partial charge in [0.05, 0.1) is 28.3 Å². The molecule has 0 saturated carbocycles. The first kappa shape index (κ1) is 23.2. The summed E-state index contributed by atoms with van der Waals surface area (Å²) in [6.07, 6.45) is 1.66. The topological polar surface area (TPSA) is 93.6 Å². The molecule has 2 atom stereocenters. The average Bonchev–Trinajstić information content (AvgIpc) is 3.10. The Labute approximate surface area is 183 Å². The van der Waals surface area contributed by atoms with Crippen LogP contribution in [0.25, 0.3) is 10.9 Å². The molecule has 7 nitrogen and oxygen atoms in total. The fraction of sp³-hybridized carbons (Fsp3) is 0.522. The number of benzene rings is 1. The van der Waals surface area contributed by atoms with Crippen molar-refractivity contribution >= 4 is 32.6 Å². The molecule has 1 aromatic carbocycles. The van der Waals surface area contributed by atoms with Crippen LogP contribution in [0.5, 0.6) is 0 Å². The molecule has 8 heteroatoms. The second-order valence-electron chi connectivity index (χ2n) is 8.12. The van der Waals surface area contributed by atoms with Crippen LogP contribution in [0.4, 0.5) is 0 Å². The van der Waals surface area contributed by atoms with Crippen LogP contribution in [0.15, 0.2) is 24.3 Å². The lowest BCUT2D eigenvalue weighted by atomic mass is 10.0. The first-order valence-corrected chi connectivity index (χ1v) is 12.6. The third kappa shape index (κ3) is 4.89. The van der Waals surface area contributed by atoms with Crippen LogP contribution >= 0.6 is 0 Å². The third-order valence-corrected chi connectivity index (χ3v) is 7.80. The highest BCUT2D eigenvalue weighted by Gasteiger charge is 2.37. The molecule has 1 amide bonds. The number of para-hydroxylation sites is 1. The molecule has 3 rings (SSSR count). The first-order chi connectivity index (χ1) is 14.7. The van der Waals surface area contributed by atoms with Crippen LogP contribution in [0.3, 0.4) is 0 Å². The molecule has 1 aliphatic rings. The van der Waals surface area contributed by atoms with Gasteiger partial charge in [-0.3, -0.25) is 9.78 Å². The number of esters is 1. The van der Waals surface area contributed by atoms with Crippen LogP contribution in [0, 0.1) is 6.92 Å². The Morgan fingerprint density at radius 1 is 1.26 bits per heavy atom. The Hall–Kier alpha value is -2.48. The van der Waals surface area contributed by atoms with Gasteiger partial charge in [0.15, 0.2) is 16.4 Å². The number of hydrogen-bond acceptors (Lipinski definition) is 6. The second-order valence-corrected chi connectivity index (χ2v) is 10.3. The van der Waals surface area contributed by atoms with Crippen molar-refractivity contribution in [2.24, 2.45) is 0 Å². The minimum absolute atomic E-state index is 0.0370. The highest BCUT2D eigenvalue weighted by Crippen LogP contribution is 2.25. The number of pyridine rings is 1. The van der Waals surface area contributed by atoms with Crippen molar-refractivity contribution in [1.82, 2.24) is 9.88 Å². The predicted molar refractivity (Wildman–Crippen MR) is 120 cm³/mol.